The Morgan fingerprint density at radius 2 is 1.83 bits per heavy atom. The summed E-state index contributed by atoms with van der Waals surface area (Å²) in [6.45, 7) is 4.16. The summed E-state index contributed by atoms with van der Waals surface area (Å²) in [6, 6.07) is 6.36. The van der Waals surface area contributed by atoms with Crippen molar-refractivity contribution in [2.75, 3.05) is 0 Å². The molecule has 0 bridgehead atoms. The second-order valence-electron chi connectivity index (χ2n) is 4.60. The van der Waals surface area contributed by atoms with Gasteiger partial charge in [0, 0.05) is 11.5 Å². The summed E-state index contributed by atoms with van der Waals surface area (Å²) in [7, 11) is 0. The number of hydrogen-bond acceptors (Lipinski definition) is 2. The molecule has 1 aromatic rings. The summed E-state index contributed by atoms with van der Waals surface area (Å²) in [5.74, 6) is 0.520. The zero-order chi connectivity index (χ0) is 12.4. The van der Waals surface area contributed by atoms with E-state index in [0.717, 1.165) is 11.3 Å². The predicted octanol–water partition coefficient (Wildman–Crippen LogP) is -1.31. The lowest BCUT2D eigenvalue weighted by atomic mass is 9.99. The van der Waals surface area contributed by atoms with Crippen LogP contribution in [-0.2, 0) is 0 Å². The maximum atomic E-state index is 5.33. The molecule has 1 aliphatic rings. The van der Waals surface area contributed by atoms with Crippen LogP contribution >= 0.6 is 0 Å². The Morgan fingerprint density at radius 3 is 2.39 bits per heavy atom. The molecule has 0 amide bonds. The Kier molecular flexibility index (Phi) is 4.73. The number of rotatable bonds is 3. The van der Waals surface area contributed by atoms with Gasteiger partial charge in [-0.25, -0.2) is 0 Å². The molecule has 0 radical (unpaired) electrons. The fourth-order valence-electron chi connectivity index (χ4n) is 1.84. The molecule has 1 saturated carbocycles. The standard InChI is InChI=1S/C13H18N4.ClH/c1-8-3-4-9(2)11(7-8)12(10-5-6-10)16-17-13(14)15;/h3-4,7,10H,5-6H2,1-2H3,(H4,14,15,17);1H/p-1/b16-12+;. The highest BCUT2D eigenvalue weighted by Crippen LogP contribution is 2.34. The van der Waals surface area contributed by atoms with Gasteiger partial charge in [0.1, 0.15) is 0 Å². The molecule has 0 spiro atoms. The molecule has 0 aliphatic heterocycles. The first-order valence-electron chi connectivity index (χ1n) is 5.82. The molecule has 98 valence electrons. The Bertz CT molecular complexity index is 486. The van der Waals surface area contributed by atoms with E-state index in [4.69, 9.17) is 11.5 Å². The lowest BCUT2D eigenvalue weighted by Gasteiger charge is -2.08. The summed E-state index contributed by atoms with van der Waals surface area (Å²) >= 11 is 0. The lowest BCUT2D eigenvalue weighted by Crippen LogP contribution is -3.00. The van der Waals surface area contributed by atoms with Crippen LogP contribution in [0.25, 0.3) is 0 Å². The van der Waals surface area contributed by atoms with Crippen LogP contribution < -0.4 is 23.9 Å². The SMILES string of the molecule is Cc1ccc(C)c(/C(=N/N=C(N)N)C2CC2)c1.[Cl-]. The van der Waals surface area contributed by atoms with Gasteiger partial charge in [0.25, 0.3) is 0 Å². The zero-order valence-corrected chi connectivity index (χ0v) is 11.4. The molecule has 5 heteroatoms. The van der Waals surface area contributed by atoms with Crippen LogP contribution in [0.4, 0.5) is 0 Å². The number of nitrogens with two attached hydrogens (primary N) is 2. The second kappa shape index (κ2) is 5.87. The molecule has 1 aliphatic carbocycles. The number of hydrogen-bond donors (Lipinski definition) is 2. The van der Waals surface area contributed by atoms with E-state index in [0.29, 0.717) is 5.92 Å². The Labute approximate surface area is 114 Å². The first-order chi connectivity index (χ1) is 8.08. The van der Waals surface area contributed by atoms with Gasteiger partial charge in [-0.15, -0.1) is 5.10 Å². The van der Waals surface area contributed by atoms with Gasteiger partial charge in [0.15, 0.2) is 0 Å². The molecule has 2 rings (SSSR count). The van der Waals surface area contributed by atoms with Gasteiger partial charge in [-0.1, -0.05) is 17.7 Å². The highest BCUT2D eigenvalue weighted by molar-refractivity contribution is 6.05. The minimum atomic E-state index is 0. The molecule has 0 saturated heterocycles. The molecule has 1 aromatic carbocycles. The average Bonchev–Trinajstić information content (AvgIpc) is 3.07. The van der Waals surface area contributed by atoms with E-state index in [2.05, 4.69) is 42.2 Å². The van der Waals surface area contributed by atoms with Gasteiger partial charge in [-0.2, -0.15) is 5.10 Å². The van der Waals surface area contributed by atoms with Gasteiger partial charge < -0.3 is 23.9 Å². The molecule has 4 N–H and O–H groups in total. The highest BCUT2D eigenvalue weighted by atomic mass is 35.5. The summed E-state index contributed by atoms with van der Waals surface area (Å²) in [6.07, 6.45) is 2.35. The van der Waals surface area contributed by atoms with Crippen LogP contribution in [0.3, 0.4) is 0 Å². The third kappa shape index (κ3) is 3.47. The Morgan fingerprint density at radius 1 is 1.17 bits per heavy atom. The third-order valence-electron chi connectivity index (χ3n) is 2.91. The van der Waals surface area contributed by atoms with E-state index in [1.165, 1.54) is 24.0 Å². The van der Waals surface area contributed by atoms with Crippen molar-refractivity contribution in [2.45, 2.75) is 26.7 Å². The largest absolute Gasteiger partial charge is 1.00 e. The van der Waals surface area contributed by atoms with E-state index in [-0.39, 0.29) is 18.4 Å². The van der Waals surface area contributed by atoms with Crippen molar-refractivity contribution in [1.82, 2.24) is 0 Å². The van der Waals surface area contributed by atoms with Crippen LogP contribution in [-0.4, -0.2) is 11.7 Å². The van der Waals surface area contributed by atoms with Crippen LogP contribution in [0, 0.1) is 19.8 Å². The number of aryl methyl sites for hydroxylation is 2. The van der Waals surface area contributed by atoms with Crippen molar-refractivity contribution >= 4 is 11.7 Å². The normalized spacial score (nSPS) is 14.9. The molecular weight excluding hydrogens is 248 g/mol. The summed E-state index contributed by atoms with van der Waals surface area (Å²) in [5.41, 5.74) is 15.3. The molecule has 18 heavy (non-hydrogen) atoms. The van der Waals surface area contributed by atoms with Gasteiger partial charge >= 0.3 is 0 Å². The van der Waals surface area contributed by atoms with Crippen molar-refractivity contribution < 1.29 is 12.4 Å². The van der Waals surface area contributed by atoms with Crippen LogP contribution in [0.15, 0.2) is 28.4 Å². The van der Waals surface area contributed by atoms with Crippen LogP contribution in [0.1, 0.15) is 29.5 Å². The molecule has 0 heterocycles. The molecule has 0 unspecified atom stereocenters. The van der Waals surface area contributed by atoms with E-state index in [9.17, 15) is 0 Å². The van der Waals surface area contributed by atoms with Gasteiger partial charge in [-0.05, 0) is 38.3 Å². The number of halogens is 1. The maximum absolute atomic E-state index is 5.33. The monoisotopic (exact) mass is 265 g/mol. The summed E-state index contributed by atoms with van der Waals surface area (Å²) < 4.78 is 0. The number of nitrogens with zero attached hydrogens (tertiary/aromatic N) is 2. The fraction of sp³-hybridized carbons (Fsp3) is 0.385. The average molecular weight is 266 g/mol. The highest BCUT2D eigenvalue weighted by Gasteiger charge is 2.29. The fourth-order valence-corrected chi connectivity index (χ4v) is 1.84. The zero-order valence-electron chi connectivity index (χ0n) is 10.7. The topological polar surface area (TPSA) is 76.8 Å². The second-order valence-corrected chi connectivity index (χ2v) is 4.60. The first-order valence-corrected chi connectivity index (χ1v) is 5.82. The van der Waals surface area contributed by atoms with Crippen molar-refractivity contribution in [3.63, 3.8) is 0 Å². The van der Waals surface area contributed by atoms with Crippen LogP contribution in [0.2, 0.25) is 0 Å². The molecular formula is C13H18ClN4-. The molecule has 1 fully saturated rings. The summed E-state index contributed by atoms with van der Waals surface area (Å²) in [5, 5.41) is 8.01. The predicted molar refractivity (Wildman–Crippen MR) is 71.0 cm³/mol. The third-order valence-corrected chi connectivity index (χ3v) is 2.91. The maximum Gasteiger partial charge on any atom is 0.211 e. The van der Waals surface area contributed by atoms with Crippen molar-refractivity contribution in [3.8, 4) is 0 Å². The van der Waals surface area contributed by atoms with Gasteiger partial charge in [0.2, 0.25) is 5.96 Å². The smallest absolute Gasteiger partial charge is 0.211 e. The van der Waals surface area contributed by atoms with E-state index >= 15 is 0 Å². The quantitative estimate of drug-likeness (QED) is 0.405. The number of benzene rings is 1. The molecule has 4 nitrogen and oxygen atoms in total. The first kappa shape index (κ1) is 14.5. The molecule has 0 atom stereocenters. The minimum Gasteiger partial charge on any atom is -1.00 e. The Balaban J connectivity index is 0.00000162. The van der Waals surface area contributed by atoms with Crippen molar-refractivity contribution in [1.29, 1.82) is 0 Å². The van der Waals surface area contributed by atoms with Gasteiger partial charge in [0.05, 0.1) is 5.71 Å². The minimum absolute atomic E-state index is 0. The summed E-state index contributed by atoms with van der Waals surface area (Å²) in [4.78, 5) is 0. The lowest BCUT2D eigenvalue weighted by molar-refractivity contribution is -0.00000395. The van der Waals surface area contributed by atoms with Crippen molar-refractivity contribution in [2.24, 2.45) is 27.6 Å². The van der Waals surface area contributed by atoms with Gasteiger partial charge in [-0.3, -0.25) is 0 Å². The van der Waals surface area contributed by atoms with Crippen molar-refractivity contribution in [3.05, 3.63) is 34.9 Å². The van der Waals surface area contributed by atoms with Crippen LogP contribution in [0.5, 0.6) is 0 Å². The van der Waals surface area contributed by atoms with E-state index in [1.807, 2.05) is 0 Å². The molecule has 0 aromatic heterocycles. The van der Waals surface area contributed by atoms with E-state index in [1.54, 1.807) is 0 Å². The Hall–Kier alpha value is -1.55. The van der Waals surface area contributed by atoms with E-state index < -0.39 is 0 Å². The number of guanidine groups is 1.